The number of hydrogen-bond acceptors (Lipinski definition) is 4. The van der Waals surface area contributed by atoms with Gasteiger partial charge in [0.2, 0.25) is 0 Å². The Kier molecular flexibility index (Phi) is 4.10. The van der Waals surface area contributed by atoms with E-state index in [1.165, 1.54) is 21.5 Å². The van der Waals surface area contributed by atoms with Gasteiger partial charge in [0, 0.05) is 14.9 Å². The van der Waals surface area contributed by atoms with Gasteiger partial charge in [-0.1, -0.05) is 34.1 Å². The number of hydrogen-bond donors (Lipinski definition) is 0. The Morgan fingerprint density at radius 3 is 2.92 bits per heavy atom. The van der Waals surface area contributed by atoms with Crippen LogP contribution in [0.5, 0.6) is 0 Å². The summed E-state index contributed by atoms with van der Waals surface area (Å²) in [5, 5.41) is 5.17. The van der Waals surface area contributed by atoms with Crippen LogP contribution in [-0.2, 0) is 12.8 Å². The molecule has 0 spiro atoms. The molecule has 0 N–H and O–H groups in total. The van der Waals surface area contributed by atoms with Gasteiger partial charge in [-0.25, -0.2) is 4.98 Å². The summed E-state index contributed by atoms with van der Waals surface area (Å²) in [6.07, 6.45) is 6.09. The molecule has 0 saturated carbocycles. The van der Waals surface area contributed by atoms with E-state index in [0.29, 0.717) is 5.82 Å². The Hall–Kier alpha value is -1.79. The second kappa shape index (κ2) is 6.26. The largest absolute Gasteiger partial charge is 0.283 e. The number of fused-ring (bicyclic) bond motifs is 3. The van der Waals surface area contributed by atoms with Crippen LogP contribution in [0.4, 0.5) is 0 Å². The Morgan fingerprint density at radius 2 is 2.08 bits per heavy atom. The summed E-state index contributed by atoms with van der Waals surface area (Å²) in [5.74, 6) is 0.620. The normalized spacial score (nSPS) is 14.4. The summed E-state index contributed by atoms with van der Waals surface area (Å²) >= 11 is 5.17. The highest BCUT2D eigenvalue weighted by atomic mass is 79.9. The summed E-state index contributed by atoms with van der Waals surface area (Å²) < 4.78 is 2.37. The van der Waals surface area contributed by atoms with Crippen molar-refractivity contribution in [3.63, 3.8) is 0 Å². The molecule has 24 heavy (non-hydrogen) atoms. The Balaban J connectivity index is 1.87. The van der Waals surface area contributed by atoms with Gasteiger partial charge in [-0.3, -0.25) is 4.79 Å². The van der Waals surface area contributed by atoms with E-state index in [1.54, 1.807) is 17.6 Å². The van der Waals surface area contributed by atoms with Crippen molar-refractivity contribution < 1.29 is 0 Å². The van der Waals surface area contributed by atoms with Crippen molar-refractivity contribution in [2.75, 3.05) is 0 Å². The molecule has 0 bridgehead atoms. The molecule has 122 valence electrons. The first-order chi connectivity index (χ1) is 11.6. The van der Waals surface area contributed by atoms with Crippen LogP contribution in [-0.4, -0.2) is 15.9 Å². The molecule has 4 rings (SSSR count). The first kappa shape index (κ1) is 15.7. The van der Waals surface area contributed by atoms with Gasteiger partial charge in [0.05, 0.1) is 11.6 Å². The molecular formula is C18H16BrN3OS. The first-order valence-corrected chi connectivity index (χ1v) is 9.59. The molecule has 0 unspecified atom stereocenters. The van der Waals surface area contributed by atoms with E-state index in [-0.39, 0.29) is 5.56 Å². The number of nitrogens with zero attached hydrogens (tertiary/aromatic N) is 3. The van der Waals surface area contributed by atoms with Gasteiger partial charge in [-0.05, 0) is 44.2 Å². The van der Waals surface area contributed by atoms with E-state index in [9.17, 15) is 4.79 Å². The maximum absolute atomic E-state index is 13.0. The average molecular weight is 402 g/mol. The SMILES string of the molecule is Cc1nc2sc3c(c2c(=O)n1N=Cc1ccccc1Br)CCCC3. The van der Waals surface area contributed by atoms with Crippen molar-refractivity contribution in [1.82, 2.24) is 9.66 Å². The molecular weight excluding hydrogens is 386 g/mol. The second-order valence-corrected chi connectivity index (χ2v) is 7.87. The lowest BCUT2D eigenvalue weighted by Crippen LogP contribution is -2.21. The molecule has 2 heterocycles. The molecule has 1 aliphatic rings. The standard InChI is InChI=1S/C18H16BrN3OS/c1-11-21-17-16(13-7-3-5-9-15(13)24-17)18(23)22(11)20-10-12-6-2-4-8-14(12)19/h2,4,6,8,10H,3,5,7,9H2,1H3. The zero-order valence-corrected chi connectivity index (χ0v) is 15.7. The molecule has 0 fully saturated rings. The third-order valence-corrected chi connectivity index (χ3v) is 6.25. The lowest BCUT2D eigenvalue weighted by molar-refractivity contribution is 0.698. The Labute approximate surface area is 152 Å². The second-order valence-electron chi connectivity index (χ2n) is 5.93. The summed E-state index contributed by atoms with van der Waals surface area (Å²) in [4.78, 5) is 19.8. The maximum atomic E-state index is 13.0. The molecule has 0 amide bonds. The van der Waals surface area contributed by atoms with E-state index >= 15 is 0 Å². The summed E-state index contributed by atoms with van der Waals surface area (Å²) in [6.45, 7) is 1.83. The van der Waals surface area contributed by atoms with Crippen molar-refractivity contribution in [3.8, 4) is 0 Å². The van der Waals surface area contributed by atoms with Crippen molar-refractivity contribution in [3.05, 3.63) is 60.9 Å². The Bertz CT molecular complexity index is 1020. The summed E-state index contributed by atoms with van der Waals surface area (Å²) in [5.41, 5.74) is 2.07. The van der Waals surface area contributed by atoms with Gasteiger partial charge in [0.25, 0.3) is 5.56 Å². The number of aromatic nitrogens is 2. The first-order valence-electron chi connectivity index (χ1n) is 7.98. The van der Waals surface area contributed by atoms with E-state index in [2.05, 4.69) is 26.0 Å². The minimum Gasteiger partial charge on any atom is -0.267 e. The molecule has 4 nitrogen and oxygen atoms in total. The smallest absolute Gasteiger partial charge is 0.267 e. The Morgan fingerprint density at radius 1 is 1.29 bits per heavy atom. The third-order valence-electron chi connectivity index (χ3n) is 4.35. The zero-order valence-electron chi connectivity index (χ0n) is 13.3. The van der Waals surface area contributed by atoms with Crippen LogP contribution in [0.2, 0.25) is 0 Å². The third kappa shape index (κ3) is 2.63. The minimum atomic E-state index is -0.0554. The highest BCUT2D eigenvalue weighted by Crippen LogP contribution is 2.33. The number of aryl methyl sites for hydroxylation is 3. The molecule has 2 aromatic heterocycles. The molecule has 3 aromatic rings. The van der Waals surface area contributed by atoms with Crippen LogP contribution >= 0.6 is 27.3 Å². The van der Waals surface area contributed by atoms with Crippen LogP contribution in [0, 0.1) is 6.92 Å². The molecule has 0 aliphatic heterocycles. The van der Waals surface area contributed by atoms with Crippen LogP contribution in [0.25, 0.3) is 10.2 Å². The quantitative estimate of drug-likeness (QED) is 0.601. The molecule has 0 saturated heterocycles. The van der Waals surface area contributed by atoms with Crippen LogP contribution in [0.15, 0.2) is 38.6 Å². The van der Waals surface area contributed by atoms with Gasteiger partial charge in [-0.2, -0.15) is 9.78 Å². The fraction of sp³-hybridized carbons (Fsp3) is 0.278. The summed E-state index contributed by atoms with van der Waals surface area (Å²) in [6, 6.07) is 7.79. The predicted molar refractivity (Wildman–Crippen MR) is 102 cm³/mol. The lowest BCUT2D eigenvalue weighted by atomic mass is 9.97. The predicted octanol–water partition coefficient (Wildman–Crippen LogP) is 4.29. The number of rotatable bonds is 2. The van der Waals surface area contributed by atoms with Gasteiger partial charge < -0.3 is 0 Å². The molecule has 6 heteroatoms. The lowest BCUT2D eigenvalue weighted by Gasteiger charge is -2.10. The van der Waals surface area contributed by atoms with Gasteiger partial charge in [0.1, 0.15) is 10.7 Å². The fourth-order valence-electron chi connectivity index (χ4n) is 3.13. The van der Waals surface area contributed by atoms with Crippen molar-refractivity contribution in [2.24, 2.45) is 5.10 Å². The molecule has 1 aromatic carbocycles. The highest BCUT2D eigenvalue weighted by molar-refractivity contribution is 9.10. The maximum Gasteiger partial charge on any atom is 0.283 e. The number of benzene rings is 1. The van der Waals surface area contributed by atoms with Crippen LogP contribution in [0.1, 0.15) is 34.7 Å². The van der Waals surface area contributed by atoms with Crippen molar-refractivity contribution in [1.29, 1.82) is 0 Å². The van der Waals surface area contributed by atoms with E-state index in [4.69, 9.17) is 0 Å². The van der Waals surface area contributed by atoms with Gasteiger partial charge in [0.15, 0.2) is 0 Å². The van der Waals surface area contributed by atoms with E-state index in [0.717, 1.165) is 39.5 Å². The highest BCUT2D eigenvalue weighted by Gasteiger charge is 2.21. The molecule has 1 aliphatic carbocycles. The topological polar surface area (TPSA) is 47.2 Å². The van der Waals surface area contributed by atoms with Crippen molar-refractivity contribution in [2.45, 2.75) is 32.6 Å². The number of thiophene rings is 1. The average Bonchev–Trinajstić information content (AvgIpc) is 2.94. The fourth-order valence-corrected chi connectivity index (χ4v) is 4.82. The van der Waals surface area contributed by atoms with Gasteiger partial charge >= 0.3 is 0 Å². The van der Waals surface area contributed by atoms with Gasteiger partial charge in [-0.15, -0.1) is 11.3 Å². The van der Waals surface area contributed by atoms with Crippen LogP contribution in [0.3, 0.4) is 0 Å². The molecule has 0 atom stereocenters. The summed E-state index contributed by atoms with van der Waals surface area (Å²) in [7, 11) is 0. The molecule has 0 radical (unpaired) electrons. The van der Waals surface area contributed by atoms with Crippen LogP contribution < -0.4 is 5.56 Å². The zero-order chi connectivity index (χ0) is 16.7. The van der Waals surface area contributed by atoms with E-state index in [1.807, 2.05) is 31.2 Å². The number of halogens is 1. The van der Waals surface area contributed by atoms with Crippen molar-refractivity contribution >= 4 is 43.7 Å². The van der Waals surface area contributed by atoms with E-state index < -0.39 is 0 Å². The minimum absolute atomic E-state index is 0.0554. The monoisotopic (exact) mass is 401 g/mol.